The number of benzene rings is 1. The number of nitrogens with zero attached hydrogens (tertiary/aromatic N) is 3. The van der Waals surface area contributed by atoms with Crippen LogP contribution in [0.3, 0.4) is 0 Å². The quantitative estimate of drug-likeness (QED) is 0.778. The highest BCUT2D eigenvalue weighted by Gasteiger charge is 2.33. The molecule has 4 rings (SSSR count). The van der Waals surface area contributed by atoms with Crippen LogP contribution in [0, 0.1) is 0 Å². The van der Waals surface area contributed by atoms with Crippen molar-refractivity contribution in [3.05, 3.63) is 16.6 Å². The third kappa shape index (κ3) is 2.16. The number of ether oxygens (including phenoxy) is 2. The van der Waals surface area contributed by atoms with Crippen LogP contribution in [-0.4, -0.2) is 49.7 Å². The van der Waals surface area contributed by atoms with Gasteiger partial charge in [0.1, 0.15) is 13.2 Å². The van der Waals surface area contributed by atoms with Crippen molar-refractivity contribution in [2.45, 2.75) is 19.4 Å². The Hall–Kier alpha value is -1.43. The van der Waals surface area contributed by atoms with Crippen LogP contribution in [0.4, 0.5) is 5.69 Å². The van der Waals surface area contributed by atoms with E-state index in [1.54, 1.807) is 0 Å². The number of aliphatic imine (C=N–C) groups is 1. The molecule has 0 saturated carbocycles. The smallest absolute Gasteiger partial charge is 0.201 e. The second-order valence-corrected chi connectivity index (χ2v) is 6.47. The second-order valence-electron chi connectivity index (χ2n) is 5.61. The molecule has 1 fully saturated rings. The van der Waals surface area contributed by atoms with Gasteiger partial charge in [0.15, 0.2) is 11.5 Å². The van der Waals surface area contributed by atoms with Crippen molar-refractivity contribution in [3.8, 4) is 11.5 Å². The molecule has 6 heteroatoms. The average molecular weight is 352 g/mol. The monoisotopic (exact) mass is 351 g/mol. The van der Waals surface area contributed by atoms with Crippen molar-refractivity contribution < 1.29 is 9.47 Å². The van der Waals surface area contributed by atoms with E-state index < -0.39 is 0 Å². The molecule has 0 bridgehead atoms. The standard InChI is InChI=1S/C15H18BrN3O2/c1-10-2-4-19(15-17-3-5-18(10)15)12-9-14-13(8-11(12)16)20-6-7-21-14/h8-10H,2-7H2,1H3. The summed E-state index contributed by atoms with van der Waals surface area (Å²) in [5.41, 5.74) is 1.11. The Kier molecular flexibility index (Phi) is 3.21. The predicted molar refractivity (Wildman–Crippen MR) is 85.6 cm³/mol. The molecule has 1 aromatic rings. The van der Waals surface area contributed by atoms with E-state index in [1.807, 2.05) is 6.07 Å². The Balaban J connectivity index is 1.73. The van der Waals surface area contributed by atoms with E-state index in [-0.39, 0.29) is 0 Å². The predicted octanol–water partition coefficient (Wildman–Crippen LogP) is 2.49. The summed E-state index contributed by atoms with van der Waals surface area (Å²) >= 11 is 3.67. The van der Waals surface area contributed by atoms with Crippen LogP contribution in [0.15, 0.2) is 21.6 Å². The number of rotatable bonds is 1. The summed E-state index contributed by atoms with van der Waals surface area (Å²) in [4.78, 5) is 9.38. The van der Waals surface area contributed by atoms with E-state index in [0.29, 0.717) is 19.3 Å². The molecule has 0 spiro atoms. The van der Waals surface area contributed by atoms with Gasteiger partial charge in [0.25, 0.3) is 0 Å². The maximum atomic E-state index is 5.72. The van der Waals surface area contributed by atoms with Crippen LogP contribution < -0.4 is 14.4 Å². The summed E-state index contributed by atoms with van der Waals surface area (Å²) in [6.07, 6.45) is 1.14. The first-order valence-corrected chi connectivity index (χ1v) is 8.21. The molecule has 0 radical (unpaired) electrons. The van der Waals surface area contributed by atoms with Crippen LogP contribution in [0.25, 0.3) is 0 Å². The first kappa shape index (κ1) is 13.2. The van der Waals surface area contributed by atoms with E-state index in [9.17, 15) is 0 Å². The summed E-state index contributed by atoms with van der Waals surface area (Å²) in [7, 11) is 0. The van der Waals surface area contributed by atoms with E-state index in [1.165, 1.54) is 0 Å². The maximum Gasteiger partial charge on any atom is 0.201 e. The first-order chi connectivity index (χ1) is 10.2. The molecule has 1 unspecified atom stereocenters. The summed E-state index contributed by atoms with van der Waals surface area (Å²) < 4.78 is 12.4. The van der Waals surface area contributed by atoms with E-state index >= 15 is 0 Å². The van der Waals surface area contributed by atoms with Gasteiger partial charge in [-0.05, 0) is 29.3 Å². The topological polar surface area (TPSA) is 37.3 Å². The fourth-order valence-electron chi connectivity index (χ4n) is 3.17. The van der Waals surface area contributed by atoms with Crippen LogP contribution in [0.2, 0.25) is 0 Å². The Morgan fingerprint density at radius 3 is 2.76 bits per heavy atom. The van der Waals surface area contributed by atoms with Crippen molar-refractivity contribution in [2.75, 3.05) is 37.7 Å². The third-order valence-electron chi connectivity index (χ3n) is 4.30. The van der Waals surface area contributed by atoms with E-state index in [4.69, 9.17) is 14.5 Å². The lowest BCUT2D eigenvalue weighted by atomic mass is 10.1. The normalized spacial score (nSPS) is 23.9. The first-order valence-electron chi connectivity index (χ1n) is 7.42. The molecular weight excluding hydrogens is 334 g/mol. The lowest BCUT2D eigenvalue weighted by Crippen LogP contribution is -2.52. The van der Waals surface area contributed by atoms with Gasteiger partial charge >= 0.3 is 0 Å². The van der Waals surface area contributed by atoms with Gasteiger partial charge in [-0.25, -0.2) is 0 Å². The molecule has 0 aromatic heterocycles. The SMILES string of the molecule is CC1CCN(c2cc3c(cc2Br)OCCO3)C2=NCCN21. The molecule has 1 atom stereocenters. The fraction of sp³-hybridized carbons (Fsp3) is 0.533. The molecule has 21 heavy (non-hydrogen) atoms. The number of hydrogen-bond acceptors (Lipinski definition) is 5. The molecule has 0 amide bonds. The number of anilines is 1. The number of halogens is 1. The van der Waals surface area contributed by atoms with Crippen molar-refractivity contribution in [1.29, 1.82) is 0 Å². The summed E-state index contributed by atoms with van der Waals surface area (Å²) in [6.45, 7) is 6.39. The highest BCUT2D eigenvalue weighted by molar-refractivity contribution is 9.10. The summed E-state index contributed by atoms with van der Waals surface area (Å²) in [6, 6.07) is 4.63. The molecule has 3 aliphatic rings. The summed E-state index contributed by atoms with van der Waals surface area (Å²) in [5.74, 6) is 2.72. The highest BCUT2D eigenvalue weighted by Crippen LogP contribution is 2.41. The minimum atomic E-state index is 0.568. The number of guanidine groups is 1. The van der Waals surface area contributed by atoms with Gasteiger partial charge in [0, 0.05) is 35.7 Å². The van der Waals surface area contributed by atoms with Crippen LogP contribution in [0.5, 0.6) is 11.5 Å². The molecule has 5 nitrogen and oxygen atoms in total. The molecule has 3 aliphatic heterocycles. The van der Waals surface area contributed by atoms with Gasteiger partial charge in [-0.2, -0.15) is 0 Å². The van der Waals surface area contributed by atoms with Crippen LogP contribution in [-0.2, 0) is 0 Å². The number of hydrogen-bond donors (Lipinski definition) is 0. The van der Waals surface area contributed by atoms with Crippen molar-refractivity contribution in [1.82, 2.24) is 4.90 Å². The highest BCUT2D eigenvalue weighted by atomic mass is 79.9. The van der Waals surface area contributed by atoms with Crippen molar-refractivity contribution in [2.24, 2.45) is 4.99 Å². The second kappa shape index (κ2) is 5.09. The maximum absolute atomic E-state index is 5.72. The zero-order chi connectivity index (χ0) is 14.4. The molecule has 0 aliphatic carbocycles. The number of fused-ring (bicyclic) bond motifs is 2. The lowest BCUT2D eigenvalue weighted by Gasteiger charge is -2.40. The largest absolute Gasteiger partial charge is 0.486 e. The molecule has 0 N–H and O–H groups in total. The van der Waals surface area contributed by atoms with E-state index in [0.717, 1.165) is 53.7 Å². The zero-order valence-corrected chi connectivity index (χ0v) is 13.6. The van der Waals surface area contributed by atoms with Crippen molar-refractivity contribution >= 4 is 27.6 Å². The van der Waals surface area contributed by atoms with Crippen LogP contribution >= 0.6 is 15.9 Å². The third-order valence-corrected chi connectivity index (χ3v) is 4.93. The molecular formula is C15H18BrN3O2. The molecule has 1 aromatic carbocycles. The summed E-state index contributed by atoms with van der Waals surface area (Å²) in [5, 5.41) is 0. The fourth-order valence-corrected chi connectivity index (χ4v) is 3.70. The van der Waals surface area contributed by atoms with Gasteiger partial charge in [-0.15, -0.1) is 0 Å². The van der Waals surface area contributed by atoms with Gasteiger partial charge in [0.05, 0.1) is 12.2 Å². The van der Waals surface area contributed by atoms with Gasteiger partial charge in [-0.3, -0.25) is 4.99 Å². The van der Waals surface area contributed by atoms with Gasteiger partial charge in [-0.1, -0.05) is 0 Å². The minimum absolute atomic E-state index is 0.568. The Labute approximate surface area is 132 Å². The van der Waals surface area contributed by atoms with E-state index in [2.05, 4.69) is 38.7 Å². The average Bonchev–Trinajstić information content (AvgIpc) is 2.98. The minimum Gasteiger partial charge on any atom is -0.486 e. The zero-order valence-electron chi connectivity index (χ0n) is 12.0. The van der Waals surface area contributed by atoms with Gasteiger partial charge in [0.2, 0.25) is 5.96 Å². The Bertz CT molecular complexity index is 605. The molecule has 1 saturated heterocycles. The van der Waals surface area contributed by atoms with Crippen molar-refractivity contribution in [3.63, 3.8) is 0 Å². The van der Waals surface area contributed by atoms with Gasteiger partial charge < -0.3 is 19.3 Å². The Morgan fingerprint density at radius 1 is 1.19 bits per heavy atom. The lowest BCUT2D eigenvalue weighted by molar-refractivity contribution is 0.171. The molecule has 112 valence electrons. The Morgan fingerprint density at radius 2 is 1.95 bits per heavy atom. The van der Waals surface area contributed by atoms with Crippen LogP contribution in [0.1, 0.15) is 13.3 Å². The molecule has 3 heterocycles.